The van der Waals surface area contributed by atoms with E-state index in [2.05, 4.69) is 25.2 Å². The van der Waals surface area contributed by atoms with Crippen molar-refractivity contribution < 1.29 is 62.3 Å². The summed E-state index contributed by atoms with van der Waals surface area (Å²) in [6.45, 7) is 0.734. The van der Waals surface area contributed by atoms with Crippen molar-refractivity contribution in [1.29, 1.82) is 0 Å². The highest BCUT2D eigenvalue weighted by atomic mass is 32.2. The highest BCUT2D eigenvalue weighted by molar-refractivity contribution is 7.92. The lowest BCUT2D eigenvalue weighted by Gasteiger charge is -2.12. The van der Waals surface area contributed by atoms with E-state index in [4.69, 9.17) is 4.74 Å². The van der Waals surface area contributed by atoms with E-state index in [-0.39, 0.29) is 56.5 Å². The summed E-state index contributed by atoms with van der Waals surface area (Å²) in [6.07, 6.45) is 0.897. The Bertz CT molecular complexity index is 2830. The molecule has 0 heterocycles. The number of nitrogens with zero attached hydrogens (tertiary/aromatic N) is 4. The Balaban J connectivity index is 1.61. The number of anilines is 1. The molecule has 5 aromatic carbocycles. The Morgan fingerprint density at radius 1 is 0.679 bits per heavy atom. The zero-order valence-electron chi connectivity index (χ0n) is 27.1. The minimum Gasteiger partial charge on any atom is -0.505 e. The molecule has 6 N–H and O–H groups in total. The maximum Gasteiger partial charge on any atom is 0.297 e. The van der Waals surface area contributed by atoms with E-state index >= 15 is 0 Å². The number of nitrogens with one attached hydrogen (secondary N) is 1. The summed E-state index contributed by atoms with van der Waals surface area (Å²) in [5.41, 5.74) is -0.872. The molecule has 0 aliphatic heterocycles. The number of phenols is 1. The molecule has 0 aliphatic rings. The molecule has 0 saturated heterocycles. The number of hydrogen-bond acceptors (Lipinski definition) is 15. The number of rotatable bonds is 12. The van der Waals surface area contributed by atoms with Crippen molar-refractivity contribution in [2.45, 2.75) is 21.6 Å². The summed E-state index contributed by atoms with van der Waals surface area (Å²) >= 11 is 0. The first-order chi connectivity index (χ1) is 24.6. The van der Waals surface area contributed by atoms with Crippen LogP contribution in [0.2, 0.25) is 0 Å². The van der Waals surface area contributed by atoms with Crippen molar-refractivity contribution in [3.8, 4) is 11.5 Å². The molecule has 0 aromatic heterocycles. The predicted molar refractivity (Wildman–Crippen MR) is 190 cm³/mol. The fraction of sp³-hybridized carbons (Fsp3) is 0.133. The monoisotopic (exact) mass is 809 g/mol. The van der Waals surface area contributed by atoms with Gasteiger partial charge >= 0.3 is 0 Å². The summed E-state index contributed by atoms with van der Waals surface area (Å²) in [6, 6.07) is 12.9. The van der Waals surface area contributed by atoms with E-state index in [1.54, 1.807) is 0 Å². The lowest BCUT2D eigenvalue weighted by molar-refractivity contribution is 0.202. The molecule has 0 atom stereocenters. The number of aliphatic hydroxyl groups excluding tert-OH is 1. The summed E-state index contributed by atoms with van der Waals surface area (Å²) in [5, 5.41) is 35.8. The zero-order valence-corrected chi connectivity index (χ0v) is 30.4. The maximum absolute atomic E-state index is 12.4. The van der Waals surface area contributed by atoms with Crippen molar-refractivity contribution in [2.75, 3.05) is 24.2 Å². The van der Waals surface area contributed by atoms with Gasteiger partial charge in [-0.2, -0.15) is 30.4 Å². The molecule has 280 valence electrons. The third kappa shape index (κ3) is 8.74. The standard InChI is InChI=1S/C30H27N5O14S4/c1-16-12-24(33-34-28-27(52(43,44)45)14-17-13-18(35-50(2,38)39)6-7-19(17)29(28)37)25(49-11-10-36)15-23(16)32-31-22-9-8-20-21(30(22)53(46,47)48)4-3-5-26(20)51(40,41)42/h3-9,12-15,35-37H,10-11H2,1-2H3,(H,40,41,42)(H,43,44,45)(H,46,47,48)/b32-31+,34-33+. The van der Waals surface area contributed by atoms with E-state index in [1.165, 1.54) is 43.3 Å². The van der Waals surface area contributed by atoms with Gasteiger partial charge in [0.2, 0.25) is 10.0 Å². The lowest BCUT2D eigenvalue weighted by Crippen LogP contribution is -2.09. The van der Waals surface area contributed by atoms with Gasteiger partial charge in [-0.15, -0.1) is 15.3 Å². The van der Waals surface area contributed by atoms with Crippen molar-refractivity contribution in [2.24, 2.45) is 20.5 Å². The number of aliphatic hydroxyl groups is 1. The van der Waals surface area contributed by atoms with Crippen LogP contribution in [0.25, 0.3) is 21.5 Å². The molecule has 0 spiro atoms. The summed E-state index contributed by atoms with van der Waals surface area (Å²) in [4.78, 5) is -2.31. The third-order valence-electron chi connectivity index (χ3n) is 7.27. The molecular weight excluding hydrogens is 783 g/mol. The third-order valence-corrected chi connectivity index (χ3v) is 10.6. The van der Waals surface area contributed by atoms with E-state index < -0.39 is 78.8 Å². The number of aromatic hydroxyl groups is 1. The van der Waals surface area contributed by atoms with Gasteiger partial charge in [0.1, 0.15) is 44.1 Å². The van der Waals surface area contributed by atoms with Crippen LogP contribution in [-0.2, 0) is 40.4 Å². The molecule has 0 bridgehead atoms. The highest BCUT2D eigenvalue weighted by Gasteiger charge is 2.25. The van der Waals surface area contributed by atoms with Gasteiger partial charge in [0.25, 0.3) is 30.4 Å². The number of ether oxygens (including phenoxy) is 1. The number of benzene rings is 5. The van der Waals surface area contributed by atoms with Crippen LogP contribution in [0.5, 0.6) is 11.5 Å². The van der Waals surface area contributed by atoms with Gasteiger partial charge in [0.05, 0.1) is 18.6 Å². The molecule has 23 heteroatoms. The Kier molecular flexibility index (Phi) is 10.6. The SMILES string of the molecule is Cc1cc(/N=N/c2c(S(=O)(=O)O)cc3cc(NS(C)(=O)=O)ccc3c2O)c(OCCO)cc1/N=N/c1ccc2c(S(=O)(=O)O)cccc2c1S(=O)(=O)O. The van der Waals surface area contributed by atoms with Crippen LogP contribution >= 0.6 is 0 Å². The molecule has 0 fully saturated rings. The van der Waals surface area contributed by atoms with Crippen molar-refractivity contribution in [3.63, 3.8) is 0 Å². The average molecular weight is 810 g/mol. The number of azo groups is 2. The van der Waals surface area contributed by atoms with E-state index in [1.807, 2.05) is 0 Å². The van der Waals surface area contributed by atoms with Gasteiger partial charge in [-0.05, 0) is 60.3 Å². The van der Waals surface area contributed by atoms with Gasteiger partial charge in [-0.1, -0.05) is 18.2 Å². The quantitative estimate of drug-likeness (QED) is 0.0686. The van der Waals surface area contributed by atoms with E-state index in [0.717, 1.165) is 36.6 Å². The normalized spacial score (nSPS) is 13.0. The van der Waals surface area contributed by atoms with Gasteiger partial charge in [-0.3, -0.25) is 18.4 Å². The zero-order chi connectivity index (χ0) is 39.1. The minimum atomic E-state index is -5.06. The van der Waals surface area contributed by atoms with Crippen LogP contribution in [0.1, 0.15) is 5.56 Å². The fourth-order valence-electron chi connectivity index (χ4n) is 5.12. The number of hydrogen-bond donors (Lipinski definition) is 6. The molecule has 0 saturated carbocycles. The van der Waals surface area contributed by atoms with Gasteiger partial charge in [-0.25, -0.2) is 8.42 Å². The van der Waals surface area contributed by atoms with Crippen LogP contribution in [0.3, 0.4) is 0 Å². The Morgan fingerprint density at radius 3 is 1.94 bits per heavy atom. The first-order valence-corrected chi connectivity index (χ1v) is 20.8. The fourth-order valence-corrected chi connectivity index (χ4v) is 7.87. The summed E-state index contributed by atoms with van der Waals surface area (Å²) < 4.78 is 134. The number of sulfonamides is 1. The average Bonchev–Trinajstić information content (AvgIpc) is 3.03. The molecule has 0 amide bonds. The molecule has 19 nitrogen and oxygen atoms in total. The minimum absolute atomic E-state index is 0.0151. The van der Waals surface area contributed by atoms with E-state index in [0.29, 0.717) is 0 Å². The molecule has 53 heavy (non-hydrogen) atoms. The second-order valence-electron chi connectivity index (χ2n) is 11.2. The second-order valence-corrected chi connectivity index (χ2v) is 17.0. The summed E-state index contributed by atoms with van der Waals surface area (Å²) in [5.74, 6) is -0.864. The lowest BCUT2D eigenvalue weighted by atomic mass is 10.1. The van der Waals surface area contributed by atoms with E-state index in [9.17, 15) is 57.5 Å². The Hall–Kier alpha value is -5.14. The molecule has 0 unspecified atom stereocenters. The second kappa shape index (κ2) is 14.4. The topological polar surface area (TPSA) is 308 Å². The molecule has 0 radical (unpaired) electrons. The van der Waals surface area contributed by atoms with Crippen molar-refractivity contribution in [1.82, 2.24) is 0 Å². The Labute approximate surface area is 301 Å². The molecule has 0 aliphatic carbocycles. The molecule has 5 aromatic rings. The first kappa shape index (κ1) is 39.1. The van der Waals surface area contributed by atoms with Crippen LogP contribution < -0.4 is 9.46 Å². The van der Waals surface area contributed by atoms with Crippen molar-refractivity contribution >= 4 is 90.4 Å². The first-order valence-electron chi connectivity index (χ1n) is 14.6. The van der Waals surface area contributed by atoms with Gasteiger partial charge < -0.3 is 14.9 Å². The summed E-state index contributed by atoms with van der Waals surface area (Å²) in [7, 11) is -18.6. The number of phenolic OH excluding ortho intramolecular Hbond substituents is 1. The molecule has 5 rings (SSSR count). The largest absolute Gasteiger partial charge is 0.505 e. The van der Waals surface area contributed by atoms with Crippen molar-refractivity contribution in [3.05, 3.63) is 72.3 Å². The molecular formula is C30H27N5O14S4. The predicted octanol–water partition coefficient (Wildman–Crippen LogP) is 5.32. The smallest absolute Gasteiger partial charge is 0.297 e. The van der Waals surface area contributed by atoms with Gasteiger partial charge in [0, 0.05) is 27.9 Å². The highest BCUT2D eigenvalue weighted by Crippen LogP contribution is 2.44. The maximum atomic E-state index is 12.4. The number of fused-ring (bicyclic) bond motifs is 2. The van der Waals surface area contributed by atoms with Crippen LogP contribution in [0.4, 0.5) is 28.4 Å². The van der Waals surface area contributed by atoms with Gasteiger partial charge in [0.15, 0.2) is 5.75 Å². The van der Waals surface area contributed by atoms with Crippen LogP contribution in [0, 0.1) is 6.92 Å². The van der Waals surface area contributed by atoms with Crippen LogP contribution in [-0.4, -0.2) is 77.0 Å². The number of aryl methyl sites for hydroxylation is 1. The Morgan fingerprint density at radius 2 is 1.32 bits per heavy atom. The van der Waals surface area contributed by atoms with Crippen LogP contribution in [0.15, 0.2) is 102 Å².